The van der Waals surface area contributed by atoms with E-state index in [1.54, 1.807) is 11.0 Å². The molecule has 2 amide bonds. The molecule has 0 bridgehead atoms. The number of hydrogen-bond donors (Lipinski definition) is 1. The third-order valence-electron chi connectivity index (χ3n) is 4.85. The van der Waals surface area contributed by atoms with Crippen molar-refractivity contribution in [3.8, 4) is 0 Å². The zero-order chi connectivity index (χ0) is 18.8. The van der Waals surface area contributed by atoms with Gasteiger partial charge in [-0.1, -0.05) is 0 Å². The Morgan fingerprint density at radius 2 is 1.81 bits per heavy atom. The molecule has 140 valence electrons. The van der Waals surface area contributed by atoms with Crippen molar-refractivity contribution in [2.45, 2.75) is 13.3 Å². The largest absolute Gasteiger partial charge is 0.358 e. The molecule has 0 spiro atoms. The molecule has 1 fully saturated rings. The second-order valence-electron chi connectivity index (χ2n) is 7.04. The summed E-state index contributed by atoms with van der Waals surface area (Å²) in [4.78, 5) is 33.9. The van der Waals surface area contributed by atoms with Crippen LogP contribution in [0.5, 0.6) is 0 Å². The Labute approximate surface area is 152 Å². The molecule has 0 saturated carbocycles. The van der Waals surface area contributed by atoms with Gasteiger partial charge in [0.25, 0.3) is 5.91 Å². The first-order chi connectivity index (χ1) is 12.4. The molecule has 1 aromatic heterocycles. The monoisotopic (exact) mass is 360 g/mol. The summed E-state index contributed by atoms with van der Waals surface area (Å²) in [5.74, 6) is -0.349. The van der Waals surface area contributed by atoms with Crippen molar-refractivity contribution in [1.29, 1.82) is 0 Å². The minimum atomic E-state index is -0.359. The first-order valence-corrected chi connectivity index (χ1v) is 8.86. The van der Waals surface area contributed by atoms with Gasteiger partial charge >= 0.3 is 0 Å². The molecule has 0 radical (unpaired) electrons. The standard InChI is InChI=1S/C19H25FN4O2/c1-13-18(15-12-14(20)4-5-16(15)21-13)19(26)24-10-8-23(9-11-24)17(25)6-7-22(2)3/h4-5,12,21H,6-11H2,1-3H3. The molecule has 0 unspecified atom stereocenters. The van der Waals surface area contributed by atoms with Crippen LogP contribution in [0.1, 0.15) is 22.5 Å². The minimum absolute atomic E-state index is 0.111. The lowest BCUT2D eigenvalue weighted by atomic mass is 10.1. The zero-order valence-corrected chi connectivity index (χ0v) is 15.5. The summed E-state index contributed by atoms with van der Waals surface area (Å²) >= 11 is 0. The normalized spacial score (nSPS) is 15.1. The number of benzene rings is 1. The molecule has 26 heavy (non-hydrogen) atoms. The van der Waals surface area contributed by atoms with Crippen LogP contribution in [-0.4, -0.2) is 78.3 Å². The molecule has 3 rings (SSSR count). The van der Waals surface area contributed by atoms with E-state index in [4.69, 9.17) is 0 Å². The molecule has 1 aliphatic heterocycles. The lowest BCUT2D eigenvalue weighted by Crippen LogP contribution is -2.51. The minimum Gasteiger partial charge on any atom is -0.358 e. The van der Waals surface area contributed by atoms with E-state index in [0.717, 1.165) is 17.8 Å². The number of halogens is 1. The summed E-state index contributed by atoms with van der Waals surface area (Å²) in [6.07, 6.45) is 0.488. The Hall–Kier alpha value is -2.41. The molecular weight excluding hydrogens is 335 g/mol. The molecule has 1 aliphatic rings. The van der Waals surface area contributed by atoms with Crippen LogP contribution in [0.15, 0.2) is 18.2 Å². The summed E-state index contributed by atoms with van der Waals surface area (Å²) in [6.45, 7) is 4.60. The number of aromatic nitrogens is 1. The molecule has 1 saturated heterocycles. The first-order valence-electron chi connectivity index (χ1n) is 8.86. The number of nitrogens with one attached hydrogen (secondary N) is 1. The Morgan fingerprint density at radius 3 is 2.46 bits per heavy atom. The topological polar surface area (TPSA) is 59.7 Å². The number of nitrogens with zero attached hydrogens (tertiary/aromatic N) is 3. The Morgan fingerprint density at radius 1 is 1.15 bits per heavy atom. The number of piperazine rings is 1. The number of aryl methyl sites for hydroxylation is 1. The van der Waals surface area contributed by atoms with Gasteiger partial charge in [0.15, 0.2) is 0 Å². The van der Waals surface area contributed by atoms with Crippen molar-refractivity contribution in [2.75, 3.05) is 46.8 Å². The lowest BCUT2D eigenvalue weighted by Gasteiger charge is -2.35. The van der Waals surface area contributed by atoms with Crippen LogP contribution in [-0.2, 0) is 4.79 Å². The van der Waals surface area contributed by atoms with Gasteiger partial charge in [0.1, 0.15) is 5.82 Å². The number of carbonyl (C=O) groups is 2. The van der Waals surface area contributed by atoms with E-state index in [9.17, 15) is 14.0 Å². The fourth-order valence-electron chi connectivity index (χ4n) is 3.37. The van der Waals surface area contributed by atoms with Crippen LogP contribution in [0.4, 0.5) is 4.39 Å². The Balaban J connectivity index is 1.69. The third-order valence-corrected chi connectivity index (χ3v) is 4.85. The average molecular weight is 360 g/mol. The van der Waals surface area contributed by atoms with E-state index >= 15 is 0 Å². The third kappa shape index (κ3) is 3.72. The van der Waals surface area contributed by atoms with Gasteiger partial charge in [-0.15, -0.1) is 0 Å². The maximum atomic E-state index is 13.6. The average Bonchev–Trinajstić information content (AvgIpc) is 2.94. The number of carbonyl (C=O) groups excluding carboxylic acids is 2. The van der Waals surface area contributed by atoms with Crippen molar-refractivity contribution in [2.24, 2.45) is 0 Å². The van der Waals surface area contributed by atoms with E-state index in [1.165, 1.54) is 12.1 Å². The number of amides is 2. The maximum absolute atomic E-state index is 13.6. The van der Waals surface area contributed by atoms with Crippen molar-refractivity contribution in [3.63, 3.8) is 0 Å². The second kappa shape index (κ2) is 7.45. The second-order valence-corrected chi connectivity index (χ2v) is 7.04. The molecule has 7 heteroatoms. The van der Waals surface area contributed by atoms with Crippen LogP contribution >= 0.6 is 0 Å². The Kier molecular flexibility index (Phi) is 5.27. The maximum Gasteiger partial charge on any atom is 0.256 e. The van der Waals surface area contributed by atoms with Gasteiger partial charge in [-0.3, -0.25) is 9.59 Å². The SMILES string of the molecule is Cc1[nH]c2ccc(F)cc2c1C(=O)N1CCN(C(=O)CCN(C)C)CC1. The van der Waals surface area contributed by atoms with E-state index in [-0.39, 0.29) is 17.6 Å². The molecule has 2 heterocycles. The van der Waals surface area contributed by atoms with Crippen LogP contribution < -0.4 is 0 Å². The van der Waals surface area contributed by atoms with Crippen LogP contribution in [0.25, 0.3) is 10.9 Å². The quantitative estimate of drug-likeness (QED) is 0.905. The predicted octanol–water partition coefficient (Wildman–Crippen LogP) is 1.85. The van der Waals surface area contributed by atoms with Crippen molar-refractivity contribution in [3.05, 3.63) is 35.3 Å². The van der Waals surface area contributed by atoms with Gasteiger partial charge in [0, 0.05) is 55.7 Å². The first kappa shape index (κ1) is 18.4. The van der Waals surface area contributed by atoms with Crippen LogP contribution in [0.2, 0.25) is 0 Å². The van der Waals surface area contributed by atoms with Gasteiger partial charge in [0.2, 0.25) is 5.91 Å². The number of aromatic amines is 1. The smallest absolute Gasteiger partial charge is 0.256 e. The molecule has 0 aliphatic carbocycles. The molecule has 2 aromatic rings. The summed E-state index contributed by atoms with van der Waals surface area (Å²) in [7, 11) is 3.88. The number of H-pyrrole nitrogens is 1. The highest BCUT2D eigenvalue weighted by Crippen LogP contribution is 2.25. The van der Waals surface area contributed by atoms with Crippen LogP contribution in [0, 0.1) is 12.7 Å². The van der Waals surface area contributed by atoms with Gasteiger partial charge in [0.05, 0.1) is 5.56 Å². The van der Waals surface area contributed by atoms with Crippen LogP contribution in [0.3, 0.4) is 0 Å². The van der Waals surface area contributed by atoms with Crippen molar-refractivity contribution >= 4 is 22.7 Å². The van der Waals surface area contributed by atoms with Gasteiger partial charge in [-0.05, 0) is 39.2 Å². The highest BCUT2D eigenvalue weighted by molar-refractivity contribution is 6.08. The van der Waals surface area contributed by atoms with Gasteiger partial charge < -0.3 is 19.7 Å². The molecule has 1 aromatic carbocycles. The van der Waals surface area contributed by atoms with Gasteiger partial charge in [-0.25, -0.2) is 4.39 Å². The van der Waals surface area contributed by atoms with Crippen molar-refractivity contribution in [1.82, 2.24) is 19.7 Å². The molecule has 0 atom stereocenters. The number of hydrogen-bond acceptors (Lipinski definition) is 3. The fraction of sp³-hybridized carbons (Fsp3) is 0.474. The van der Waals surface area contributed by atoms with Gasteiger partial charge in [-0.2, -0.15) is 0 Å². The number of rotatable bonds is 4. The fourth-order valence-corrected chi connectivity index (χ4v) is 3.37. The molecule has 1 N–H and O–H groups in total. The van der Waals surface area contributed by atoms with E-state index in [0.29, 0.717) is 43.5 Å². The van der Waals surface area contributed by atoms with Crippen molar-refractivity contribution < 1.29 is 14.0 Å². The highest BCUT2D eigenvalue weighted by Gasteiger charge is 2.27. The van der Waals surface area contributed by atoms with E-state index in [2.05, 4.69) is 4.98 Å². The number of fused-ring (bicyclic) bond motifs is 1. The summed E-state index contributed by atoms with van der Waals surface area (Å²) in [6, 6.07) is 4.42. The summed E-state index contributed by atoms with van der Waals surface area (Å²) < 4.78 is 13.6. The lowest BCUT2D eigenvalue weighted by molar-refractivity contribution is -0.132. The molecular formula is C19H25FN4O2. The highest BCUT2D eigenvalue weighted by atomic mass is 19.1. The van der Waals surface area contributed by atoms with E-state index in [1.807, 2.05) is 30.8 Å². The van der Waals surface area contributed by atoms with E-state index < -0.39 is 0 Å². The Bertz CT molecular complexity index is 822. The predicted molar refractivity (Wildman–Crippen MR) is 98.6 cm³/mol. The zero-order valence-electron chi connectivity index (χ0n) is 15.5. The molecule has 6 nitrogen and oxygen atoms in total. The summed E-state index contributed by atoms with van der Waals surface area (Å²) in [5, 5.41) is 0.608. The summed E-state index contributed by atoms with van der Waals surface area (Å²) in [5.41, 5.74) is 2.01.